The molecule has 0 atom stereocenters. The molecule has 0 amide bonds. The van der Waals surface area contributed by atoms with Crippen LogP contribution in [0.3, 0.4) is 0 Å². The van der Waals surface area contributed by atoms with Crippen molar-refractivity contribution in [3.05, 3.63) is 36.3 Å². The molecule has 2 aromatic heterocycles. The molecule has 2 aromatic rings. The monoisotopic (exact) mass is 341 g/mol. The molecule has 1 aliphatic rings. The second kappa shape index (κ2) is 8.36. The minimum absolute atomic E-state index is 0.220. The van der Waals surface area contributed by atoms with Gasteiger partial charge in [-0.05, 0) is 38.4 Å². The van der Waals surface area contributed by atoms with Crippen LogP contribution >= 0.6 is 0 Å². The van der Waals surface area contributed by atoms with Crippen LogP contribution in [0.25, 0.3) is 11.4 Å². The van der Waals surface area contributed by atoms with E-state index in [9.17, 15) is 0 Å². The Morgan fingerprint density at radius 1 is 1.20 bits per heavy atom. The largest absolute Gasteiger partial charge is 0.395 e. The molecule has 25 heavy (non-hydrogen) atoms. The van der Waals surface area contributed by atoms with Gasteiger partial charge in [0.15, 0.2) is 5.82 Å². The number of aromatic nitrogens is 3. The van der Waals surface area contributed by atoms with Crippen molar-refractivity contribution in [3.63, 3.8) is 0 Å². The fourth-order valence-electron chi connectivity index (χ4n) is 3.33. The van der Waals surface area contributed by atoms with E-state index in [4.69, 9.17) is 10.1 Å². The molecule has 0 aliphatic carbocycles. The lowest BCUT2D eigenvalue weighted by Gasteiger charge is -2.37. The van der Waals surface area contributed by atoms with Crippen molar-refractivity contribution in [1.82, 2.24) is 19.9 Å². The highest BCUT2D eigenvalue weighted by molar-refractivity contribution is 5.57. The summed E-state index contributed by atoms with van der Waals surface area (Å²) in [7, 11) is 2.10. The van der Waals surface area contributed by atoms with Gasteiger partial charge in [0, 0.05) is 55.4 Å². The fourth-order valence-corrected chi connectivity index (χ4v) is 3.33. The number of piperidine rings is 1. The van der Waals surface area contributed by atoms with Gasteiger partial charge in [-0.1, -0.05) is 6.92 Å². The first-order valence-electron chi connectivity index (χ1n) is 9.05. The molecule has 6 nitrogen and oxygen atoms in total. The second-order valence-corrected chi connectivity index (χ2v) is 6.55. The highest BCUT2D eigenvalue weighted by Gasteiger charge is 2.23. The molecule has 0 bridgehead atoms. The van der Waals surface area contributed by atoms with Gasteiger partial charge >= 0.3 is 0 Å². The second-order valence-electron chi connectivity index (χ2n) is 6.55. The fraction of sp³-hybridized carbons (Fsp3) is 0.526. The van der Waals surface area contributed by atoms with Crippen LogP contribution in [0.1, 0.15) is 25.5 Å². The van der Waals surface area contributed by atoms with Crippen molar-refractivity contribution in [2.45, 2.75) is 32.2 Å². The SMILES string of the molecule is CCc1cc(N2CCC(N(C)CCO)CC2)nc(-c2ccncc2)n1. The molecule has 0 spiro atoms. The molecule has 1 fully saturated rings. The van der Waals surface area contributed by atoms with Crippen LogP contribution in [0, 0.1) is 0 Å². The molecular weight excluding hydrogens is 314 g/mol. The molecule has 0 saturated carbocycles. The average Bonchev–Trinajstić information content (AvgIpc) is 2.68. The molecule has 0 aromatic carbocycles. The Morgan fingerprint density at radius 3 is 2.56 bits per heavy atom. The maximum atomic E-state index is 9.12. The Kier molecular flexibility index (Phi) is 5.94. The van der Waals surface area contributed by atoms with Crippen LogP contribution in [0.15, 0.2) is 30.6 Å². The van der Waals surface area contributed by atoms with Crippen molar-refractivity contribution in [1.29, 1.82) is 0 Å². The van der Waals surface area contributed by atoms with Crippen molar-refractivity contribution >= 4 is 5.82 Å². The predicted octanol–water partition coefficient (Wildman–Crippen LogP) is 1.99. The lowest BCUT2D eigenvalue weighted by atomic mass is 10.0. The van der Waals surface area contributed by atoms with Gasteiger partial charge in [-0.3, -0.25) is 4.98 Å². The van der Waals surface area contributed by atoms with Gasteiger partial charge in [0.2, 0.25) is 0 Å². The van der Waals surface area contributed by atoms with Crippen LogP contribution in [-0.2, 0) is 6.42 Å². The van der Waals surface area contributed by atoms with Crippen LogP contribution in [0.2, 0.25) is 0 Å². The number of hydrogen-bond donors (Lipinski definition) is 1. The summed E-state index contributed by atoms with van der Waals surface area (Å²) >= 11 is 0. The molecular formula is C19H27N5O. The summed E-state index contributed by atoms with van der Waals surface area (Å²) in [6.45, 7) is 5.05. The minimum atomic E-state index is 0.220. The van der Waals surface area contributed by atoms with E-state index in [1.807, 2.05) is 12.1 Å². The number of anilines is 1. The van der Waals surface area contributed by atoms with Crippen molar-refractivity contribution < 1.29 is 5.11 Å². The molecule has 1 saturated heterocycles. The number of aliphatic hydroxyl groups is 1. The number of rotatable bonds is 6. The summed E-state index contributed by atoms with van der Waals surface area (Å²) < 4.78 is 0. The van der Waals surface area contributed by atoms with Crippen LogP contribution in [-0.4, -0.2) is 64.3 Å². The number of aliphatic hydroxyl groups excluding tert-OH is 1. The van der Waals surface area contributed by atoms with E-state index in [1.54, 1.807) is 12.4 Å². The Morgan fingerprint density at radius 2 is 1.92 bits per heavy atom. The van der Waals surface area contributed by atoms with E-state index in [0.29, 0.717) is 6.04 Å². The summed E-state index contributed by atoms with van der Waals surface area (Å²) in [5, 5.41) is 9.12. The Hall–Kier alpha value is -2.05. The number of hydrogen-bond acceptors (Lipinski definition) is 6. The number of pyridine rings is 1. The molecule has 3 rings (SSSR count). The number of aryl methyl sites for hydroxylation is 1. The minimum Gasteiger partial charge on any atom is -0.395 e. The van der Waals surface area contributed by atoms with E-state index in [2.05, 4.69) is 39.8 Å². The van der Waals surface area contributed by atoms with Gasteiger partial charge in [-0.25, -0.2) is 9.97 Å². The topological polar surface area (TPSA) is 65.4 Å². The summed E-state index contributed by atoms with van der Waals surface area (Å²) in [5.74, 6) is 1.79. The summed E-state index contributed by atoms with van der Waals surface area (Å²) in [4.78, 5) is 18.2. The molecule has 0 radical (unpaired) electrons. The lowest BCUT2D eigenvalue weighted by Crippen LogP contribution is -2.44. The average molecular weight is 341 g/mol. The van der Waals surface area contributed by atoms with Gasteiger partial charge < -0.3 is 14.9 Å². The summed E-state index contributed by atoms with van der Waals surface area (Å²) in [5.41, 5.74) is 2.07. The maximum absolute atomic E-state index is 9.12. The summed E-state index contributed by atoms with van der Waals surface area (Å²) in [6, 6.07) is 6.56. The normalized spacial score (nSPS) is 15.8. The van der Waals surface area contributed by atoms with Crippen molar-refractivity contribution in [2.24, 2.45) is 0 Å². The third-order valence-electron chi connectivity index (χ3n) is 4.93. The Labute approximate surface area is 149 Å². The standard InChI is InChI=1S/C19H27N5O/c1-3-16-14-18(22-19(21-16)15-4-8-20-9-5-15)24-10-6-17(7-11-24)23(2)12-13-25/h4-5,8-9,14,17,25H,3,6-7,10-13H2,1-2H3. The van der Waals surface area contributed by atoms with E-state index >= 15 is 0 Å². The zero-order valence-corrected chi connectivity index (χ0v) is 15.1. The first-order valence-corrected chi connectivity index (χ1v) is 9.05. The summed E-state index contributed by atoms with van der Waals surface area (Å²) in [6.07, 6.45) is 6.63. The van der Waals surface area contributed by atoms with E-state index < -0.39 is 0 Å². The molecule has 1 N–H and O–H groups in total. The van der Waals surface area contributed by atoms with Gasteiger partial charge in [0.25, 0.3) is 0 Å². The quantitative estimate of drug-likeness (QED) is 0.867. The zero-order valence-electron chi connectivity index (χ0n) is 15.1. The van der Waals surface area contributed by atoms with Crippen molar-refractivity contribution in [2.75, 3.05) is 38.2 Å². The van der Waals surface area contributed by atoms with Gasteiger partial charge in [-0.15, -0.1) is 0 Å². The van der Waals surface area contributed by atoms with E-state index in [0.717, 1.165) is 61.8 Å². The smallest absolute Gasteiger partial charge is 0.161 e. The van der Waals surface area contributed by atoms with Gasteiger partial charge in [-0.2, -0.15) is 0 Å². The van der Waals surface area contributed by atoms with Gasteiger partial charge in [0.05, 0.1) is 6.61 Å². The Bertz CT molecular complexity index is 671. The van der Waals surface area contributed by atoms with Crippen LogP contribution < -0.4 is 4.90 Å². The molecule has 6 heteroatoms. The highest BCUT2D eigenvalue weighted by atomic mass is 16.3. The third-order valence-corrected chi connectivity index (χ3v) is 4.93. The van der Waals surface area contributed by atoms with Crippen LogP contribution in [0.4, 0.5) is 5.82 Å². The zero-order chi connectivity index (χ0) is 17.6. The first kappa shape index (κ1) is 17.8. The molecule has 1 aliphatic heterocycles. The van der Waals surface area contributed by atoms with Crippen molar-refractivity contribution in [3.8, 4) is 11.4 Å². The molecule has 0 unspecified atom stereocenters. The Balaban J connectivity index is 1.77. The lowest BCUT2D eigenvalue weighted by molar-refractivity contribution is 0.161. The third kappa shape index (κ3) is 4.32. The van der Waals surface area contributed by atoms with Gasteiger partial charge in [0.1, 0.15) is 5.82 Å². The van der Waals surface area contributed by atoms with E-state index in [1.165, 1.54) is 0 Å². The number of likely N-dealkylation sites (N-methyl/N-ethyl adjacent to an activating group) is 1. The van der Waals surface area contributed by atoms with Crippen LogP contribution in [0.5, 0.6) is 0 Å². The maximum Gasteiger partial charge on any atom is 0.161 e. The molecule has 3 heterocycles. The molecule has 134 valence electrons. The first-order chi connectivity index (χ1) is 12.2. The van der Waals surface area contributed by atoms with E-state index in [-0.39, 0.29) is 6.61 Å². The predicted molar refractivity (Wildman–Crippen MR) is 99.6 cm³/mol. The number of nitrogens with zero attached hydrogens (tertiary/aromatic N) is 5. The highest BCUT2D eigenvalue weighted by Crippen LogP contribution is 2.24.